The number of carbonyl (C=O) groups excluding carboxylic acids is 1. The first-order valence-electron chi connectivity index (χ1n) is 9.47. The number of aliphatic hydroxyl groups excluding tert-OH is 1. The van der Waals surface area contributed by atoms with Gasteiger partial charge in [-0.15, -0.1) is 0 Å². The van der Waals surface area contributed by atoms with Crippen LogP contribution in [0.25, 0.3) is 0 Å². The fourth-order valence-electron chi connectivity index (χ4n) is 3.04. The lowest BCUT2D eigenvalue weighted by Gasteiger charge is -2.15. The van der Waals surface area contributed by atoms with Crippen LogP contribution < -0.4 is 0 Å². The number of nitrogens with zero attached hydrogens (tertiary/aromatic N) is 1. The normalized spacial score (nSPS) is 13.4. The van der Waals surface area contributed by atoms with E-state index in [1.54, 1.807) is 12.2 Å². The minimum Gasteiger partial charge on any atom is -0.392 e. The van der Waals surface area contributed by atoms with Crippen molar-refractivity contribution in [1.29, 1.82) is 0 Å². The molecule has 1 heterocycles. The zero-order chi connectivity index (χ0) is 22.0. The van der Waals surface area contributed by atoms with E-state index in [1.807, 2.05) is 48.8 Å². The van der Waals surface area contributed by atoms with Crippen molar-refractivity contribution in [3.05, 3.63) is 88.0 Å². The number of aliphatic hydroxyl groups is 1. The van der Waals surface area contributed by atoms with Crippen molar-refractivity contribution in [2.45, 2.75) is 51.8 Å². The number of hydrogen-bond acceptors (Lipinski definition) is 3. The van der Waals surface area contributed by atoms with Crippen molar-refractivity contribution in [3.8, 4) is 0 Å². The second-order valence-electron chi connectivity index (χ2n) is 6.60. The highest BCUT2D eigenvalue weighted by Crippen LogP contribution is 2.40. The molecule has 0 atom stereocenters. The van der Waals surface area contributed by atoms with Gasteiger partial charge >= 0.3 is 0 Å². The summed E-state index contributed by atoms with van der Waals surface area (Å²) in [5.74, 6) is 0.130. The number of halogens is 1. The largest absolute Gasteiger partial charge is 0.392 e. The molecule has 1 N–H and O–H groups in total. The van der Waals surface area contributed by atoms with Gasteiger partial charge in [-0.25, -0.2) is 0 Å². The summed E-state index contributed by atoms with van der Waals surface area (Å²) >= 11 is 7.69. The van der Waals surface area contributed by atoms with Crippen LogP contribution >= 0.6 is 23.4 Å². The molecule has 0 saturated carbocycles. The number of allylic oxidation sites excluding steroid dienone is 9. The predicted octanol–water partition coefficient (Wildman–Crippen LogP) is 6.91. The van der Waals surface area contributed by atoms with Crippen molar-refractivity contribution < 1.29 is 9.90 Å². The van der Waals surface area contributed by atoms with Gasteiger partial charge in [0.1, 0.15) is 0 Å². The minimum absolute atomic E-state index is 0.130. The molecule has 0 aliphatic carbocycles. The van der Waals surface area contributed by atoms with Crippen molar-refractivity contribution in [2.75, 3.05) is 0 Å². The van der Waals surface area contributed by atoms with E-state index in [0.29, 0.717) is 22.8 Å². The molecule has 0 aromatic carbocycles. The van der Waals surface area contributed by atoms with Gasteiger partial charge in [0.15, 0.2) is 6.29 Å². The third-order valence-electron chi connectivity index (χ3n) is 4.28. The molecule has 0 bridgehead atoms. The molecule has 0 fully saturated rings. The highest BCUT2D eigenvalue weighted by atomic mass is 35.5. The minimum atomic E-state index is -0.194. The smallest absolute Gasteiger partial charge is 0.166 e. The number of thioether (sulfide) groups is 1. The van der Waals surface area contributed by atoms with Gasteiger partial charge < -0.3 is 9.67 Å². The molecule has 29 heavy (non-hydrogen) atoms. The molecule has 0 amide bonds. The molecule has 3 nitrogen and oxygen atoms in total. The lowest BCUT2D eigenvalue weighted by atomic mass is 10.0. The molecule has 1 aromatic rings. The van der Waals surface area contributed by atoms with E-state index < -0.39 is 0 Å². The number of aldehydes is 1. The van der Waals surface area contributed by atoms with E-state index in [1.165, 1.54) is 11.8 Å². The van der Waals surface area contributed by atoms with Crippen molar-refractivity contribution in [2.24, 2.45) is 0 Å². The fraction of sp³-hybridized carbons (Fsp3) is 0.292. The number of carbonyl (C=O) groups is 1. The summed E-state index contributed by atoms with van der Waals surface area (Å²) in [6.07, 6.45) is 13.8. The first-order valence-corrected chi connectivity index (χ1v) is 10.7. The van der Waals surface area contributed by atoms with Gasteiger partial charge in [-0.2, -0.15) is 0 Å². The quantitative estimate of drug-likeness (QED) is 0.235. The van der Waals surface area contributed by atoms with Gasteiger partial charge in [0.05, 0.1) is 17.3 Å². The van der Waals surface area contributed by atoms with Crippen LogP contribution in [0.1, 0.15) is 55.2 Å². The van der Waals surface area contributed by atoms with Crippen LogP contribution in [-0.2, 0) is 13.2 Å². The zero-order valence-electron chi connectivity index (χ0n) is 17.6. The molecule has 156 valence electrons. The van der Waals surface area contributed by atoms with Crippen LogP contribution in [0, 0.1) is 0 Å². The first-order chi connectivity index (χ1) is 13.9. The lowest BCUT2D eigenvalue weighted by molar-refractivity contribution is 0.111. The molecule has 1 aromatic heterocycles. The molecule has 0 aliphatic rings. The summed E-state index contributed by atoms with van der Waals surface area (Å²) < 4.78 is 1.97. The molecule has 5 heteroatoms. The van der Waals surface area contributed by atoms with Crippen LogP contribution in [0.3, 0.4) is 0 Å². The predicted molar refractivity (Wildman–Crippen MR) is 127 cm³/mol. The summed E-state index contributed by atoms with van der Waals surface area (Å²) in [7, 11) is 0. The maximum absolute atomic E-state index is 12.0. The Kier molecular flexibility index (Phi) is 10.8. The summed E-state index contributed by atoms with van der Waals surface area (Å²) in [5.41, 5.74) is 3.14. The van der Waals surface area contributed by atoms with E-state index in [9.17, 15) is 9.90 Å². The van der Waals surface area contributed by atoms with Crippen molar-refractivity contribution in [1.82, 2.24) is 4.57 Å². The summed E-state index contributed by atoms with van der Waals surface area (Å²) in [4.78, 5) is 12.9. The Bertz CT molecular complexity index is 870. The van der Waals surface area contributed by atoms with Crippen LogP contribution in [0.4, 0.5) is 0 Å². The van der Waals surface area contributed by atoms with Gasteiger partial charge in [-0.3, -0.25) is 4.79 Å². The molecule has 0 spiro atoms. The number of hydrogen-bond donors (Lipinski definition) is 1. The molecular weight excluding hydrogens is 402 g/mol. The molecule has 0 saturated heterocycles. The number of aromatic nitrogens is 1. The Morgan fingerprint density at radius 3 is 2.45 bits per heavy atom. The molecule has 0 aliphatic heterocycles. The maximum atomic E-state index is 12.0. The van der Waals surface area contributed by atoms with Crippen molar-refractivity contribution in [3.63, 3.8) is 0 Å². The first kappa shape index (κ1) is 25.0. The second-order valence-corrected chi connectivity index (χ2v) is 8.10. The van der Waals surface area contributed by atoms with Crippen LogP contribution in [-0.4, -0.2) is 16.0 Å². The van der Waals surface area contributed by atoms with Crippen LogP contribution in [0.15, 0.2) is 76.2 Å². The zero-order valence-corrected chi connectivity index (χ0v) is 19.2. The Morgan fingerprint density at radius 2 is 2.00 bits per heavy atom. The average Bonchev–Trinajstić information content (AvgIpc) is 2.99. The van der Waals surface area contributed by atoms with E-state index in [-0.39, 0.29) is 12.5 Å². The monoisotopic (exact) mass is 431 g/mol. The Morgan fingerprint density at radius 1 is 1.31 bits per heavy atom. The second kappa shape index (κ2) is 12.5. The Balaban J connectivity index is 3.75. The van der Waals surface area contributed by atoms with Gasteiger partial charge in [0.2, 0.25) is 0 Å². The maximum Gasteiger partial charge on any atom is 0.166 e. The van der Waals surface area contributed by atoms with Gasteiger partial charge in [0, 0.05) is 22.0 Å². The summed E-state index contributed by atoms with van der Waals surface area (Å²) in [6, 6.07) is 0. The molecule has 0 unspecified atom stereocenters. The molecular formula is C24H30ClNO2S. The Hall–Kier alpha value is -2.01. The van der Waals surface area contributed by atoms with Crippen LogP contribution in [0.2, 0.25) is 0 Å². The molecule has 1 rings (SSSR count). The highest BCUT2D eigenvalue weighted by molar-refractivity contribution is 8.03. The fourth-order valence-corrected chi connectivity index (χ4v) is 4.49. The Labute approximate surface area is 183 Å². The van der Waals surface area contributed by atoms with E-state index in [2.05, 4.69) is 27.0 Å². The standard InChI is InChI=1S/C24H30ClNO2S/c1-7-11-18(12-8-2)14-26-22(16-28)21(15-27)23(17(5)6)24(26)29-20(10-4)13-19(25)9-3/h7-13,16-17,27H,1,3,14-15H2,2,4-6H3/b12-8-,18-11+,19-13+,20-10+. The highest BCUT2D eigenvalue weighted by Gasteiger charge is 2.25. The number of rotatable bonds is 11. The molecule has 0 radical (unpaired) electrons. The van der Waals surface area contributed by atoms with Crippen LogP contribution in [0.5, 0.6) is 0 Å². The van der Waals surface area contributed by atoms with Gasteiger partial charge in [-0.05, 0) is 37.0 Å². The lowest BCUT2D eigenvalue weighted by Crippen LogP contribution is -2.07. The third kappa shape index (κ3) is 6.49. The van der Waals surface area contributed by atoms with E-state index in [4.69, 9.17) is 11.6 Å². The van der Waals surface area contributed by atoms with E-state index in [0.717, 1.165) is 27.4 Å². The third-order valence-corrected chi connectivity index (χ3v) is 5.76. The van der Waals surface area contributed by atoms with Gasteiger partial charge in [0.25, 0.3) is 0 Å². The summed E-state index contributed by atoms with van der Waals surface area (Å²) in [6.45, 7) is 15.8. The van der Waals surface area contributed by atoms with Gasteiger partial charge in [-0.1, -0.05) is 86.8 Å². The topological polar surface area (TPSA) is 42.2 Å². The van der Waals surface area contributed by atoms with Crippen molar-refractivity contribution >= 4 is 29.6 Å². The van der Waals surface area contributed by atoms with E-state index >= 15 is 0 Å². The summed E-state index contributed by atoms with van der Waals surface area (Å²) in [5, 5.41) is 11.5. The average molecular weight is 432 g/mol. The SMILES string of the molecule is C=C/C=C(\C=C/C)Cn1c(C=O)c(CO)c(C(C)C)c1SC(/C=C(/Cl)C=C)=C/C.